The fourth-order valence-electron chi connectivity index (χ4n) is 2.45. The van der Waals surface area contributed by atoms with Crippen molar-refractivity contribution in [1.29, 1.82) is 0 Å². The number of anilines is 2. The molecule has 24 heavy (non-hydrogen) atoms. The maximum atomic E-state index is 11.1. The molecule has 2 N–H and O–H groups in total. The van der Waals surface area contributed by atoms with Crippen LogP contribution < -0.4 is 10.6 Å². The monoisotopic (exact) mass is 321 g/mol. The van der Waals surface area contributed by atoms with Gasteiger partial charge in [0.05, 0.1) is 12.7 Å². The molecule has 3 aromatic rings. The lowest BCUT2D eigenvalue weighted by Gasteiger charge is -2.07. The van der Waals surface area contributed by atoms with Crippen molar-refractivity contribution < 1.29 is 9.21 Å². The minimum atomic E-state index is -0.0947. The molecule has 1 heterocycles. The molecule has 5 nitrogen and oxygen atoms in total. The summed E-state index contributed by atoms with van der Waals surface area (Å²) in [5.41, 5.74) is 3.83. The lowest BCUT2D eigenvalue weighted by Crippen LogP contribution is -2.06. The number of carbonyl (C=O) groups is 1. The van der Waals surface area contributed by atoms with Crippen molar-refractivity contribution in [3.63, 3.8) is 0 Å². The molecule has 0 spiro atoms. The van der Waals surface area contributed by atoms with E-state index in [0.29, 0.717) is 12.4 Å². The summed E-state index contributed by atoms with van der Waals surface area (Å²) in [7, 11) is 0. The Balaban J connectivity index is 1.68. The number of oxazole rings is 1. The maximum Gasteiger partial charge on any atom is 0.221 e. The summed E-state index contributed by atoms with van der Waals surface area (Å²) in [6.07, 6.45) is 1.74. The number of amides is 1. The Labute approximate surface area is 140 Å². The van der Waals surface area contributed by atoms with Crippen molar-refractivity contribution in [1.82, 2.24) is 4.98 Å². The van der Waals surface area contributed by atoms with E-state index in [-0.39, 0.29) is 5.91 Å². The topological polar surface area (TPSA) is 67.2 Å². The van der Waals surface area contributed by atoms with Gasteiger partial charge in [0.2, 0.25) is 11.8 Å². The molecule has 0 unspecified atom stereocenters. The molecule has 5 heteroatoms. The molecule has 0 saturated carbocycles. The van der Waals surface area contributed by atoms with Gasteiger partial charge in [-0.2, -0.15) is 0 Å². The van der Waals surface area contributed by atoms with Gasteiger partial charge in [-0.25, -0.2) is 4.98 Å². The predicted molar refractivity (Wildman–Crippen MR) is 94.7 cm³/mol. The zero-order valence-corrected chi connectivity index (χ0v) is 13.7. The van der Waals surface area contributed by atoms with E-state index < -0.39 is 0 Å². The standard InChI is InChI=1S/C19H19N3O2/c1-13-6-3-4-9-17(13)18-11-21-19(24-18)12-20-15-7-5-8-16(10-15)22-14(2)23/h3-11,20H,12H2,1-2H3,(H,22,23). The summed E-state index contributed by atoms with van der Waals surface area (Å²) in [4.78, 5) is 15.4. The number of nitrogens with one attached hydrogen (secondary N) is 2. The number of rotatable bonds is 5. The van der Waals surface area contributed by atoms with Crippen LogP contribution in [0.15, 0.2) is 59.1 Å². The Hall–Kier alpha value is -3.08. The van der Waals surface area contributed by atoms with Gasteiger partial charge >= 0.3 is 0 Å². The Bertz CT molecular complexity index is 855. The van der Waals surface area contributed by atoms with Crippen molar-refractivity contribution in [2.45, 2.75) is 20.4 Å². The minimum absolute atomic E-state index is 0.0947. The number of aryl methyl sites for hydroxylation is 1. The molecule has 0 bridgehead atoms. The van der Waals surface area contributed by atoms with Gasteiger partial charge in [-0.3, -0.25) is 4.79 Å². The second-order valence-electron chi connectivity index (χ2n) is 5.55. The van der Waals surface area contributed by atoms with Crippen molar-refractivity contribution in [3.8, 4) is 11.3 Å². The van der Waals surface area contributed by atoms with E-state index >= 15 is 0 Å². The molecule has 0 aliphatic carbocycles. The summed E-state index contributed by atoms with van der Waals surface area (Å²) in [6, 6.07) is 15.6. The number of hydrogen-bond acceptors (Lipinski definition) is 4. The first-order chi connectivity index (χ1) is 11.6. The summed E-state index contributed by atoms with van der Waals surface area (Å²) in [5.74, 6) is 1.28. The van der Waals surface area contributed by atoms with Crippen LogP contribution in [-0.2, 0) is 11.3 Å². The van der Waals surface area contributed by atoms with Gasteiger partial charge in [-0.15, -0.1) is 0 Å². The van der Waals surface area contributed by atoms with E-state index in [1.165, 1.54) is 6.92 Å². The molecule has 3 rings (SSSR count). The van der Waals surface area contributed by atoms with Crippen LogP contribution in [0, 0.1) is 6.92 Å². The molecule has 0 radical (unpaired) electrons. The molecule has 0 aliphatic heterocycles. The second kappa shape index (κ2) is 7.00. The average molecular weight is 321 g/mol. The van der Waals surface area contributed by atoms with E-state index in [1.807, 2.05) is 55.5 Å². The highest BCUT2D eigenvalue weighted by Crippen LogP contribution is 2.24. The van der Waals surface area contributed by atoms with E-state index in [4.69, 9.17) is 4.42 Å². The van der Waals surface area contributed by atoms with Gasteiger partial charge in [0, 0.05) is 23.9 Å². The Kier molecular flexibility index (Phi) is 4.61. The van der Waals surface area contributed by atoms with Crippen LogP contribution in [0.1, 0.15) is 18.4 Å². The number of benzene rings is 2. The summed E-state index contributed by atoms with van der Waals surface area (Å²) in [5, 5.41) is 6.00. The Morgan fingerprint density at radius 1 is 1.12 bits per heavy atom. The lowest BCUT2D eigenvalue weighted by atomic mass is 10.1. The van der Waals surface area contributed by atoms with E-state index in [9.17, 15) is 4.79 Å². The molecule has 1 amide bonds. The molecule has 0 fully saturated rings. The SMILES string of the molecule is CC(=O)Nc1cccc(NCc2ncc(-c3ccccc3C)o2)c1. The van der Waals surface area contributed by atoms with Crippen LogP contribution in [0.4, 0.5) is 11.4 Å². The van der Waals surface area contributed by atoms with Gasteiger partial charge in [0.25, 0.3) is 0 Å². The highest BCUT2D eigenvalue weighted by atomic mass is 16.4. The van der Waals surface area contributed by atoms with E-state index in [1.54, 1.807) is 6.20 Å². The van der Waals surface area contributed by atoms with Crippen LogP contribution in [0.25, 0.3) is 11.3 Å². The van der Waals surface area contributed by atoms with Crippen molar-refractivity contribution >= 4 is 17.3 Å². The third kappa shape index (κ3) is 3.81. The van der Waals surface area contributed by atoms with Gasteiger partial charge in [-0.1, -0.05) is 30.3 Å². The van der Waals surface area contributed by atoms with Crippen LogP contribution >= 0.6 is 0 Å². The van der Waals surface area contributed by atoms with Gasteiger partial charge in [0.15, 0.2) is 5.76 Å². The minimum Gasteiger partial charge on any atom is -0.439 e. The van der Waals surface area contributed by atoms with E-state index in [0.717, 1.165) is 28.3 Å². The van der Waals surface area contributed by atoms with Gasteiger partial charge in [-0.05, 0) is 30.7 Å². The average Bonchev–Trinajstić information content (AvgIpc) is 3.02. The van der Waals surface area contributed by atoms with Crippen LogP contribution in [0.2, 0.25) is 0 Å². The van der Waals surface area contributed by atoms with Crippen molar-refractivity contribution in [2.24, 2.45) is 0 Å². The van der Waals surface area contributed by atoms with Crippen LogP contribution in [-0.4, -0.2) is 10.9 Å². The quantitative estimate of drug-likeness (QED) is 0.738. The maximum absolute atomic E-state index is 11.1. The first-order valence-corrected chi connectivity index (χ1v) is 7.74. The Morgan fingerprint density at radius 2 is 1.92 bits per heavy atom. The molecule has 0 aliphatic rings. The zero-order chi connectivity index (χ0) is 16.9. The van der Waals surface area contributed by atoms with Crippen molar-refractivity contribution in [3.05, 3.63) is 66.2 Å². The van der Waals surface area contributed by atoms with Gasteiger partial charge < -0.3 is 15.1 Å². The lowest BCUT2D eigenvalue weighted by molar-refractivity contribution is -0.114. The van der Waals surface area contributed by atoms with Gasteiger partial charge in [0.1, 0.15) is 0 Å². The first-order valence-electron chi connectivity index (χ1n) is 7.74. The molecule has 0 saturated heterocycles. The highest BCUT2D eigenvalue weighted by molar-refractivity contribution is 5.89. The van der Waals surface area contributed by atoms with Crippen LogP contribution in [0.3, 0.4) is 0 Å². The summed E-state index contributed by atoms with van der Waals surface area (Å²) >= 11 is 0. The molecule has 2 aromatic carbocycles. The molecular weight excluding hydrogens is 302 g/mol. The van der Waals surface area contributed by atoms with E-state index in [2.05, 4.69) is 15.6 Å². The second-order valence-corrected chi connectivity index (χ2v) is 5.55. The first kappa shape index (κ1) is 15.8. The summed E-state index contributed by atoms with van der Waals surface area (Å²) < 4.78 is 5.82. The molecule has 122 valence electrons. The number of carbonyl (C=O) groups excluding carboxylic acids is 1. The number of aromatic nitrogens is 1. The van der Waals surface area contributed by atoms with Crippen molar-refractivity contribution in [2.75, 3.05) is 10.6 Å². The summed E-state index contributed by atoms with van der Waals surface area (Å²) in [6.45, 7) is 4.00. The fourth-order valence-corrected chi connectivity index (χ4v) is 2.45. The van der Waals surface area contributed by atoms with Crippen LogP contribution in [0.5, 0.6) is 0 Å². The third-order valence-corrected chi connectivity index (χ3v) is 3.59. The molecular formula is C19H19N3O2. The Morgan fingerprint density at radius 3 is 2.71 bits per heavy atom. The number of hydrogen-bond donors (Lipinski definition) is 2. The fraction of sp³-hybridized carbons (Fsp3) is 0.158. The zero-order valence-electron chi connectivity index (χ0n) is 13.7. The molecule has 0 atom stereocenters. The molecule has 1 aromatic heterocycles. The largest absolute Gasteiger partial charge is 0.439 e. The number of nitrogens with zero attached hydrogens (tertiary/aromatic N) is 1. The smallest absolute Gasteiger partial charge is 0.221 e. The predicted octanol–water partition coefficient (Wildman–Crippen LogP) is 4.22. The normalized spacial score (nSPS) is 10.4. The highest BCUT2D eigenvalue weighted by Gasteiger charge is 2.08. The third-order valence-electron chi connectivity index (χ3n) is 3.59.